The maximum atomic E-state index is 12.7. The Bertz CT molecular complexity index is 1270. The van der Waals surface area contributed by atoms with Crippen LogP contribution in [0.5, 0.6) is 0 Å². The van der Waals surface area contributed by atoms with E-state index in [-0.39, 0.29) is 23.0 Å². The number of carbonyl (C=O) groups is 1. The first-order valence-corrected chi connectivity index (χ1v) is 11.1. The predicted molar refractivity (Wildman–Crippen MR) is 126 cm³/mol. The molecule has 33 heavy (non-hydrogen) atoms. The zero-order chi connectivity index (χ0) is 23.2. The molecule has 0 radical (unpaired) electrons. The van der Waals surface area contributed by atoms with Gasteiger partial charge >= 0.3 is 0 Å². The quantitative estimate of drug-likeness (QED) is 0.667. The highest BCUT2D eigenvalue weighted by Gasteiger charge is 2.33. The number of hydrogen-bond donors (Lipinski definition) is 1. The van der Waals surface area contributed by atoms with Crippen LogP contribution in [0.15, 0.2) is 53.6 Å². The summed E-state index contributed by atoms with van der Waals surface area (Å²) in [6.45, 7) is 5.92. The summed E-state index contributed by atoms with van der Waals surface area (Å²) < 4.78 is 7.71. The molecule has 5 rings (SSSR count). The van der Waals surface area contributed by atoms with Crippen molar-refractivity contribution in [2.45, 2.75) is 31.8 Å². The molecule has 170 valence electrons. The number of hydrogen-bond acceptors (Lipinski definition) is 6. The molecule has 8 heteroatoms. The second kappa shape index (κ2) is 8.12. The van der Waals surface area contributed by atoms with Gasteiger partial charge in [0.15, 0.2) is 0 Å². The van der Waals surface area contributed by atoms with Crippen LogP contribution in [0.2, 0.25) is 0 Å². The van der Waals surface area contributed by atoms with Crippen LogP contribution in [0.3, 0.4) is 0 Å². The Kier molecular flexibility index (Phi) is 5.25. The molecule has 1 N–H and O–H groups in total. The molecule has 3 aromatic rings. The fraction of sp³-hybridized carbons (Fsp3) is 0.360. The normalized spacial score (nSPS) is 19.7. The standard InChI is InChI=1S/C25H27N5O3/c1-25(2)14-22(31)27-19-5-4-17(12-18(19)25)21-15-30(10-11-33-21)24-28-20(13-23(32)29(24)3)16-6-8-26-9-7-16/h4-9,12-13,21H,10-11,14-15H2,1-3H3,(H,27,31). The number of anilines is 2. The summed E-state index contributed by atoms with van der Waals surface area (Å²) >= 11 is 0. The SMILES string of the molecule is Cn1c(N2CCOC(c3ccc4c(c3)C(C)(C)CC(=O)N4)C2)nc(-c2ccncc2)cc1=O. The Morgan fingerprint density at radius 2 is 1.91 bits per heavy atom. The largest absolute Gasteiger partial charge is 0.370 e. The first-order chi connectivity index (χ1) is 15.8. The van der Waals surface area contributed by atoms with Gasteiger partial charge in [-0.2, -0.15) is 0 Å². The van der Waals surface area contributed by atoms with Crippen LogP contribution in [0.1, 0.15) is 37.5 Å². The van der Waals surface area contributed by atoms with Gasteiger partial charge in [-0.05, 0) is 29.3 Å². The summed E-state index contributed by atoms with van der Waals surface area (Å²) in [4.78, 5) is 35.7. The third kappa shape index (κ3) is 4.02. The number of benzene rings is 1. The van der Waals surface area contributed by atoms with E-state index in [4.69, 9.17) is 9.72 Å². The van der Waals surface area contributed by atoms with Crippen LogP contribution < -0.4 is 15.8 Å². The first kappa shape index (κ1) is 21.3. The van der Waals surface area contributed by atoms with Crippen molar-refractivity contribution >= 4 is 17.5 Å². The molecular weight excluding hydrogens is 418 g/mol. The zero-order valence-electron chi connectivity index (χ0n) is 19.0. The molecule has 1 atom stereocenters. The highest BCUT2D eigenvalue weighted by Crippen LogP contribution is 2.39. The van der Waals surface area contributed by atoms with Gasteiger partial charge in [-0.1, -0.05) is 26.0 Å². The molecule has 0 spiro atoms. The minimum atomic E-state index is -0.244. The van der Waals surface area contributed by atoms with Gasteiger partial charge in [0, 0.05) is 55.1 Å². The van der Waals surface area contributed by atoms with E-state index in [0.717, 1.165) is 22.4 Å². The van der Waals surface area contributed by atoms with Crippen molar-refractivity contribution in [2.24, 2.45) is 7.05 Å². The average Bonchev–Trinajstić information content (AvgIpc) is 2.80. The number of nitrogens with one attached hydrogen (secondary N) is 1. The van der Waals surface area contributed by atoms with Crippen LogP contribution >= 0.6 is 0 Å². The Morgan fingerprint density at radius 1 is 1.12 bits per heavy atom. The van der Waals surface area contributed by atoms with E-state index in [0.29, 0.717) is 37.8 Å². The number of aromatic nitrogens is 3. The Balaban J connectivity index is 1.46. The Labute approximate surface area is 192 Å². The van der Waals surface area contributed by atoms with Crippen molar-refractivity contribution in [3.63, 3.8) is 0 Å². The van der Waals surface area contributed by atoms with Crippen molar-refractivity contribution in [1.82, 2.24) is 14.5 Å². The van der Waals surface area contributed by atoms with E-state index in [2.05, 4.69) is 35.1 Å². The maximum Gasteiger partial charge on any atom is 0.255 e. The molecule has 2 aliphatic rings. The van der Waals surface area contributed by atoms with Crippen LogP contribution in [0.4, 0.5) is 11.6 Å². The molecular formula is C25H27N5O3. The summed E-state index contributed by atoms with van der Waals surface area (Å²) in [5.74, 6) is 0.662. The lowest BCUT2D eigenvalue weighted by Crippen LogP contribution is -2.42. The van der Waals surface area contributed by atoms with Crippen molar-refractivity contribution in [3.8, 4) is 11.3 Å². The van der Waals surface area contributed by atoms with Crippen LogP contribution in [-0.2, 0) is 22.0 Å². The van der Waals surface area contributed by atoms with Gasteiger partial charge in [0.1, 0.15) is 6.10 Å². The third-order valence-electron chi connectivity index (χ3n) is 6.46. The van der Waals surface area contributed by atoms with Gasteiger partial charge in [0.05, 0.1) is 18.8 Å². The molecule has 1 saturated heterocycles. The van der Waals surface area contributed by atoms with Gasteiger partial charge in [-0.15, -0.1) is 0 Å². The minimum Gasteiger partial charge on any atom is -0.370 e. The zero-order valence-corrected chi connectivity index (χ0v) is 19.0. The molecule has 1 fully saturated rings. The maximum absolute atomic E-state index is 12.7. The Morgan fingerprint density at radius 3 is 2.70 bits per heavy atom. The lowest BCUT2D eigenvalue weighted by atomic mass is 9.77. The van der Waals surface area contributed by atoms with Crippen LogP contribution in [-0.4, -0.2) is 40.1 Å². The van der Waals surface area contributed by atoms with Gasteiger partial charge in [-0.3, -0.25) is 19.1 Å². The van der Waals surface area contributed by atoms with Crippen LogP contribution in [0.25, 0.3) is 11.3 Å². The summed E-state index contributed by atoms with van der Waals surface area (Å²) in [7, 11) is 1.75. The number of pyridine rings is 1. The van der Waals surface area contributed by atoms with Crippen molar-refractivity contribution < 1.29 is 9.53 Å². The van der Waals surface area contributed by atoms with Crippen molar-refractivity contribution in [1.29, 1.82) is 0 Å². The summed E-state index contributed by atoms with van der Waals surface area (Å²) in [5.41, 5.74) is 4.16. The molecule has 1 unspecified atom stereocenters. The summed E-state index contributed by atoms with van der Waals surface area (Å²) in [6, 6.07) is 11.4. The molecule has 2 aliphatic heterocycles. The number of rotatable bonds is 3. The topological polar surface area (TPSA) is 89.3 Å². The van der Waals surface area contributed by atoms with Gasteiger partial charge in [0.2, 0.25) is 11.9 Å². The lowest BCUT2D eigenvalue weighted by molar-refractivity contribution is -0.117. The number of carbonyl (C=O) groups excluding carboxylic acids is 1. The van der Waals surface area contributed by atoms with E-state index in [1.165, 1.54) is 0 Å². The molecule has 0 aliphatic carbocycles. The molecule has 8 nitrogen and oxygen atoms in total. The van der Waals surface area contributed by atoms with E-state index in [1.807, 2.05) is 24.3 Å². The highest BCUT2D eigenvalue weighted by atomic mass is 16.5. The number of morpholine rings is 1. The number of nitrogens with zero attached hydrogens (tertiary/aromatic N) is 4. The molecule has 2 aromatic heterocycles. The highest BCUT2D eigenvalue weighted by molar-refractivity contribution is 5.95. The van der Waals surface area contributed by atoms with Gasteiger partial charge in [0.25, 0.3) is 5.56 Å². The van der Waals surface area contributed by atoms with E-state index >= 15 is 0 Å². The van der Waals surface area contributed by atoms with Crippen LogP contribution in [0, 0.1) is 0 Å². The van der Waals surface area contributed by atoms with E-state index < -0.39 is 0 Å². The molecule has 1 amide bonds. The minimum absolute atomic E-state index is 0.0430. The fourth-order valence-electron chi connectivity index (χ4n) is 4.64. The summed E-state index contributed by atoms with van der Waals surface area (Å²) in [6.07, 6.45) is 3.67. The van der Waals surface area contributed by atoms with Crippen molar-refractivity contribution in [2.75, 3.05) is 29.9 Å². The molecule has 1 aromatic carbocycles. The third-order valence-corrected chi connectivity index (χ3v) is 6.46. The number of ether oxygens (including phenoxy) is 1. The second-order valence-electron chi connectivity index (χ2n) is 9.29. The molecule has 0 saturated carbocycles. The summed E-state index contributed by atoms with van der Waals surface area (Å²) in [5, 5.41) is 2.97. The second-order valence-corrected chi connectivity index (χ2v) is 9.29. The Hall–Kier alpha value is -3.52. The number of fused-ring (bicyclic) bond motifs is 1. The van der Waals surface area contributed by atoms with Gasteiger partial charge in [-0.25, -0.2) is 4.98 Å². The monoisotopic (exact) mass is 445 g/mol. The first-order valence-electron chi connectivity index (χ1n) is 11.1. The van der Waals surface area contributed by atoms with E-state index in [9.17, 15) is 9.59 Å². The van der Waals surface area contributed by atoms with E-state index in [1.54, 1.807) is 30.1 Å². The molecule has 0 bridgehead atoms. The predicted octanol–water partition coefficient (Wildman–Crippen LogP) is 3.04. The fourth-order valence-corrected chi connectivity index (χ4v) is 4.64. The van der Waals surface area contributed by atoms with Gasteiger partial charge < -0.3 is 15.0 Å². The average molecular weight is 446 g/mol. The van der Waals surface area contributed by atoms with Crippen molar-refractivity contribution in [3.05, 3.63) is 70.3 Å². The number of amides is 1. The smallest absolute Gasteiger partial charge is 0.255 e. The lowest BCUT2D eigenvalue weighted by Gasteiger charge is -2.36. The molecule has 4 heterocycles.